The summed E-state index contributed by atoms with van der Waals surface area (Å²) in [5.74, 6) is 0.295. The quantitative estimate of drug-likeness (QED) is 0.732. The van der Waals surface area contributed by atoms with E-state index in [4.69, 9.17) is 4.74 Å². The molecule has 0 saturated carbocycles. The molecule has 0 bridgehead atoms. The number of aryl methyl sites for hydroxylation is 2. The fourth-order valence-electron chi connectivity index (χ4n) is 3.45. The van der Waals surface area contributed by atoms with Gasteiger partial charge in [0.25, 0.3) is 11.8 Å². The Balaban J connectivity index is 1.75. The van der Waals surface area contributed by atoms with Gasteiger partial charge >= 0.3 is 0 Å². The summed E-state index contributed by atoms with van der Waals surface area (Å²) in [5, 5.41) is 5.28. The highest BCUT2D eigenvalue weighted by molar-refractivity contribution is 5.99. The molecule has 0 aliphatic carbocycles. The summed E-state index contributed by atoms with van der Waals surface area (Å²) < 4.78 is 7.70. The zero-order chi connectivity index (χ0) is 21.7. The molecule has 3 rings (SSSR count). The molecule has 160 valence electrons. The van der Waals surface area contributed by atoms with Crippen molar-refractivity contribution in [2.24, 2.45) is 5.92 Å². The third kappa shape index (κ3) is 5.09. The van der Waals surface area contributed by atoms with E-state index in [1.807, 2.05) is 24.3 Å². The Hall–Kier alpha value is -3.09. The predicted molar refractivity (Wildman–Crippen MR) is 115 cm³/mol. The maximum Gasteiger partial charge on any atom is 0.256 e. The smallest absolute Gasteiger partial charge is 0.256 e. The summed E-state index contributed by atoms with van der Waals surface area (Å²) in [6.45, 7) is 5.10. The fraction of sp³-hybridized carbons (Fsp3) is 0.435. The van der Waals surface area contributed by atoms with Crippen LogP contribution in [0.5, 0.6) is 5.75 Å². The van der Waals surface area contributed by atoms with E-state index >= 15 is 0 Å². The van der Waals surface area contributed by atoms with Crippen LogP contribution >= 0.6 is 0 Å². The van der Waals surface area contributed by atoms with Crippen molar-refractivity contribution < 1.29 is 14.3 Å². The number of ether oxygens (including phenoxy) is 1. The summed E-state index contributed by atoms with van der Waals surface area (Å²) in [6, 6.07) is 7.86. The Bertz CT molecular complexity index is 981. The molecule has 0 saturated heterocycles. The van der Waals surface area contributed by atoms with Gasteiger partial charge in [-0.15, -0.1) is 0 Å². The molecular formula is C23H29N3O4. The van der Waals surface area contributed by atoms with E-state index in [1.165, 1.54) is 19.4 Å². The van der Waals surface area contributed by atoms with Gasteiger partial charge in [0, 0.05) is 26.0 Å². The number of carbonyl (C=O) groups is 2. The van der Waals surface area contributed by atoms with Gasteiger partial charge in [-0.25, -0.2) is 0 Å². The molecule has 2 aromatic rings. The first-order valence-corrected chi connectivity index (χ1v) is 10.4. The van der Waals surface area contributed by atoms with Crippen LogP contribution in [0.2, 0.25) is 0 Å². The Kier molecular flexibility index (Phi) is 6.92. The highest BCUT2D eigenvalue weighted by atomic mass is 16.5. The molecule has 1 aromatic carbocycles. The summed E-state index contributed by atoms with van der Waals surface area (Å²) >= 11 is 0. The topological polar surface area (TPSA) is 89.4 Å². The number of amides is 2. The van der Waals surface area contributed by atoms with Gasteiger partial charge in [0.15, 0.2) is 0 Å². The predicted octanol–water partition coefficient (Wildman–Crippen LogP) is 2.38. The van der Waals surface area contributed by atoms with Gasteiger partial charge < -0.3 is 19.9 Å². The number of rotatable bonds is 7. The Morgan fingerprint density at radius 3 is 2.57 bits per heavy atom. The second-order valence-corrected chi connectivity index (χ2v) is 8.01. The minimum absolute atomic E-state index is 0.0308. The number of pyridine rings is 1. The number of nitrogens with one attached hydrogen (secondary N) is 2. The summed E-state index contributed by atoms with van der Waals surface area (Å²) in [6.07, 6.45) is 5.42. The van der Waals surface area contributed by atoms with Crippen LogP contribution in [-0.4, -0.2) is 36.1 Å². The van der Waals surface area contributed by atoms with Crippen LogP contribution in [0.25, 0.3) is 0 Å². The number of para-hydroxylation sites is 1. The molecule has 0 fully saturated rings. The lowest BCUT2D eigenvalue weighted by molar-refractivity contribution is 0.0916. The number of benzene rings is 1. The molecule has 1 aromatic heterocycles. The van der Waals surface area contributed by atoms with Crippen molar-refractivity contribution in [1.29, 1.82) is 0 Å². The van der Waals surface area contributed by atoms with Gasteiger partial charge in [-0.3, -0.25) is 14.4 Å². The number of aromatic nitrogens is 1. The first-order valence-electron chi connectivity index (χ1n) is 10.4. The second-order valence-electron chi connectivity index (χ2n) is 8.01. The van der Waals surface area contributed by atoms with Gasteiger partial charge in [-0.05, 0) is 36.8 Å². The van der Waals surface area contributed by atoms with E-state index in [1.54, 1.807) is 4.57 Å². The van der Waals surface area contributed by atoms with Crippen molar-refractivity contribution in [1.82, 2.24) is 15.2 Å². The molecule has 2 N–H and O–H groups in total. The molecule has 7 nitrogen and oxygen atoms in total. The number of hydrogen-bond donors (Lipinski definition) is 2. The third-order valence-corrected chi connectivity index (χ3v) is 5.25. The molecule has 1 aliphatic heterocycles. The average Bonchev–Trinajstić information content (AvgIpc) is 2.75. The molecule has 0 unspecified atom stereocenters. The van der Waals surface area contributed by atoms with E-state index in [9.17, 15) is 14.4 Å². The van der Waals surface area contributed by atoms with Crippen LogP contribution in [0.15, 0.2) is 41.5 Å². The highest BCUT2D eigenvalue weighted by Crippen LogP contribution is 2.26. The number of carbonyl (C=O) groups excluding carboxylic acids is 2. The Morgan fingerprint density at radius 1 is 1.17 bits per heavy atom. The highest BCUT2D eigenvalue weighted by Gasteiger charge is 2.22. The number of nitrogens with zero attached hydrogens (tertiary/aromatic N) is 1. The van der Waals surface area contributed by atoms with Crippen LogP contribution in [0.1, 0.15) is 53.0 Å². The standard InChI is InChI=1S/C23H29N3O4/c1-15(2)10-11-26-13-18(22(28)24-3)21(27)19(14-26)23(29)25-12-17-9-8-16-6-4-5-7-20(16)30-17/h4-7,13-15,17H,8-12H2,1-3H3,(H,24,28)(H,25,29)/t17-/m1/s1. The van der Waals surface area contributed by atoms with Crippen LogP contribution in [0, 0.1) is 5.92 Å². The summed E-state index contributed by atoms with van der Waals surface area (Å²) in [7, 11) is 1.46. The van der Waals surface area contributed by atoms with Crippen molar-refractivity contribution in [2.45, 2.75) is 45.8 Å². The average molecular weight is 412 g/mol. The van der Waals surface area contributed by atoms with E-state index < -0.39 is 17.2 Å². The zero-order valence-corrected chi connectivity index (χ0v) is 17.7. The monoisotopic (exact) mass is 411 g/mol. The largest absolute Gasteiger partial charge is 0.488 e. The molecule has 30 heavy (non-hydrogen) atoms. The fourth-order valence-corrected chi connectivity index (χ4v) is 3.45. The SMILES string of the molecule is CNC(=O)c1cn(CCC(C)C)cc(C(=O)NC[C@H]2CCc3ccccc3O2)c1=O. The van der Waals surface area contributed by atoms with E-state index in [0.29, 0.717) is 19.0 Å². The van der Waals surface area contributed by atoms with E-state index in [2.05, 4.69) is 24.5 Å². The van der Waals surface area contributed by atoms with Gasteiger partial charge in [-0.2, -0.15) is 0 Å². The summed E-state index contributed by atoms with van der Waals surface area (Å²) in [5.41, 5.74) is 0.529. The molecule has 0 radical (unpaired) electrons. The molecule has 2 heterocycles. The zero-order valence-electron chi connectivity index (χ0n) is 17.7. The van der Waals surface area contributed by atoms with Gasteiger partial charge in [0.2, 0.25) is 5.43 Å². The maximum absolute atomic E-state index is 12.8. The van der Waals surface area contributed by atoms with Gasteiger partial charge in [0.1, 0.15) is 23.0 Å². The lowest BCUT2D eigenvalue weighted by Crippen LogP contribution is -2.40. The molecule has 2 amide bonds. The van der Waals surface area contributed by atoms with Crippen molar-refractivity contribution >= 4 is 11.8 Å². The van der Waals surface area contributed by atoms with Crippen LogP contribution in [0.4, 0.5) is 0 Å². The van der Waals surface area contributed by atoms with E-state index in [0.717, 1.165) is 30.6 Å². The normalized spacial score (nSPS) is 15.3. The Labute approximate surface area is 176 Å². The van der Waals surface area contributed by atoms with Gasteiger partial charge in [0.05, 0.1) is 6.54 Å². The third-order valence-electron chi connectivity index (χ3n) is 5.25. The summed E-state index contributed by atoms with van der Waals surface area (Å²) in [4.78, 5) is 37.7. The first-order chi connectivity index (χ1) is 14.4. The van der Waals surface area contributed by atoms with Crippen molar-refractivity contribution in [3.63, 3.8) is 0 Å². The van der Waals surface area contributed by atoms with Crippen LogP contribution < -0.4 is 20.8 Å². The molecule has 0 spiro atoms. The van der Waals surface area contributed by atoms with Crippen LogP contribution in [0.3, 0.4) is 0 Å². The first kappa shape index (κ1) is 21.6. The molecular weight excluding hydrogens is 382 g/mol. The number of hydrogen-bond acceptors (Lipinski definition) is 4. The molecule has 1 aliphatic rings. The maximum atomic E-state index is 12.8. The van der Waals surface area contributed by atoms with Crippen molar-refractivity contribution in [2.75, 3.05) is 13.6 Å². The van der Waals surface area contributed by atoms with Crippen molar-refractivity contribution in [3.8, 4) is 5.75 Å². The molecule has 1 atom stereocenters. The van der Waals surface area contributed by atoms with Crippen LogP contribution in [-0.2, 0) is 13.0 Å². The van der Waals surface area contributed by atoms with E-state index in [-0.39, 0.29) is 17.2 Å². The molecule has 7 heteroatoms. The lowest BCUT2D eigenvalue weighted by atomic mass is 10.0. The minimum atomic E-state index is -0.567. The second kappa shape index (κ2) is 9.61. The number of fused-ring (bicyclic) bond motifs is 1. The van der Waals surface area contributed by atoms with Crippen molar-refractivity contribution in [3.05, 3.63) is 63.6 Å². The Morgan fingerprint density at radius 2 is 1.87 bits per heavy atom. The minimum Gasteiger partial charge on any atom is -0.488 e. The lowest BCUT2D eigenvalue weighted by Gasteiger charge is -2.26. The van der Waals surface area contributed by atoms with Gasteiger partial charge in [-0.1, -0.05) is 32.0 Å².